The molecule has 1 aromatic carbocycles. The first-order chi connectivity index (χ1) is 12.5. The van der Waals surface area contributed by atoms with E-state index in [0.29, 0.717) is 24.7 Å². The number of hydrogen-bond donors (Lipinski definition) is 1. The van der Waals surface area contributed by atoms with Crippen LogP contribution in [0.5, 0.6) is 0 Å². The standard InChI is InChI=1S/C20H24N4O2/c1-13-3-6-15(7-4-13)24-10-9-23(12-18(24)25)20(26)19-16-11-14(2)5-8-17(16)21-22-19/h3-4,6-7,14H,5,8-12H2,1-2H3,(H,21,22). The van der Waals surface area contributed by atoms with Crippen LogP contribution in [-0.2, 0) is 17.6 Å². The maximum atomic E-state index is 12.9. The lowest BCUT2D eigenvalue weighted by atomic mass is 9.87. The number of amides is 2. The third kappa shape index (κ3) is 3.00. The van der Waals surface area contributed by atoms with Gasteiger partial charge in [-0.15, -0.1) is 0 Å². The molecule has 2 aliphatic rings. The van der Waals surface area contributed by atoms with Gasteiger partial charge < -0.3 is 9.80 Å². The van der Waals surface area contributed by atoms with Gasteiger partial charge in [-0.1, -0.05) is 24.6 Å². The Labute approximate surface area is 153 Å². The summed E-state index contributed by atoms with van der Waals surface area (Å²) in [4.78, 5) is 28.9. The second kappa shape index (κ2) is 6.59. The molecule has 0 spiro atoms. The van der Waals surface area contributed by atoms with Crippen molar-refractivity contribution in [1.29, 1.82) is 0 Å². The highest BCUT2D eigenvalue weighted by molar-refractivity contribution is 6.01. The van der Waals surface area contributed by atoms with Crippen molar-refractivity contribution in [2.75, 3.05) is 24.5 Å². The number of nitrogens with one attached hydrogen (secondary N) is 1. The van der Waals surface area contributed by atoms with Crippen LogP contribution in [0.2, 0.25) is 0 Å². The second-order valence-corrected chi connectivity index (χ2v) is 7.48. The van der Waals surface area contributed by atoms with Gasteiger partial charge in [0.05, 0.1) is 0 Å². The lowest BCUT2D eigenvalue weighted by Crippen LogP contribution is -2.52. The van der Waals surface area contributed by atoms with Crippen molar-refractivity contribution in [3.8, 4) is 0 Å². The van der Waals surface area contributed by atoms with Gasteiger partial charge in [-0.2, -0.15) is 5.10 Å². The molecule has 6 heteroatoms. The van der Waals surface area contributed by atoms with Gasteiger partial charge in [0.1, 0.15) is 6.54 Å². The van der Waals surface area contributed by atoms with E-state index in [1.54, 1.807) is 9.80 Å². The zero-order chi connectivity index (χ0) is 18.3. The van der Waals surface area contributed by atoms with E-state index in [0.717, 1.165) is 41.8 Å². The Balaban J connectivity index is 1.49. The Kier molecular flexibility index (Phi) is 4.26. The molecule has 1 aliphatic heterocycles. The molecule has 1 N–H and O–H groups in total. The third-order valence-corrected chi connectivity index (χ3v) is 5.45. The Bertz CT molecular complexity index is 840. The number of rotatable bonds is 2. The van der Waals surface area contributed by atoms with Crippen LogP contribution in [0.3, 0.4) is 0 Å². The van der Waals surface area contributed by atoms with Crippen LogP contribution >= 0.6 is 0 Å². The van der Waals surface area contributed by atoms with Crippen molar-refractivity contribution in [2.45, 2.75) is 33.1 Å². The predicted octanol–water partition coefficient (Wildman–Crippen LogP) is 2.33. The van der Waals surface area contributed by atoms with E-state index in [9.17, 15) is 9.59 Å². The van der Waals surface area contributed by atoms with Crippen LogP contribution < -0.4 is 4.90 Å². The lowest BCUT2D eigenvalue weighted by Gasteiger charge is -2.34. The monoisotopic (exact) mass is 352 g/mol. The number of nitrogens with zero attached hydrogens (tertiary/aromatic N) is 3. The van der Waals surface area contributed by atoms with Gasteiger partial charge in [0, 0.05) is 30.0 Å². The number of aromatic amines is 1. The van der Waals surface area contributed by atoms with Gasteiger partial charge in [0.15, 0.2) is 5.69 Å². The summed E-state index contributed by atoms with van der Waals surface area (Å²) in [6.45, 7) is 5.36. The molecule has 1 aromatic heterocycles. The summed E-state index contributed by atoms with van der Waals surface area (Å²) in [6.07, 6.45) is 2.94. The van der Waals surface area contributed by atoms with Crippen LogP contribution in [-0.4, -0.2) is 46.5 Å². The molecule has 1 atom stereocenters. The Morgan fingerprint density at radius 3 is 2.73 bits per heavy atom. The summed E-state index contributed by atoms with van der Waals surface area (Å²) < 4.78 is 0. The molecule has 136 valence electrons. The van der Waals surface area contributed by atoms with E-state index in [-0.39, 0.29) is 18.4 Å². The van der Waals surface area contributed by atoms with Crippen molar-refractivity contribution in [3.63, 3.8) is 0 Å². The number of H-pyrrole nitrogens is 1. The Hall–Kier alpha value is -2.63. The molecule has 1 unspecified atom stereocenters. The molecule has 26 heavy (non-hydrogen) atoms. The fourth-order valence-corrected chi connectivity index (χ4v) is 3.84. The molecule has 2 heterocycles. The van der Waals surface area contributed by atoms with Gasteiger partial charge >= 0.3 is 0 Å². The molecular weight excluding hydrogens is 328 g/mol. The maximum Gasteiger partial charge on any atom is 0.275 e. The first-order valence-electron chi connectivity index (χ1n) is 9.25. The number of hydrogen-bond acceptors (Lipinski definition) is 3. The minimum Gasteiger partial charge on any atom is -0.326 e. The van der Waals surface area contributed by atoms with Crippen LogP contribution in [0, 0.1) is 12.8 Å². The van der Waals surface area contributed by atoms with Crippen molar-refractivity contribution < 1.29 is 9.59 Å². The Morgan fingerprint density at radius 2 is 2.00 bits per heavy atom. The number of benzene rings is 1. The minimum atomic E-state index is -0.131. The van der Waals surface area contributed by atoms with Gasteiger partial charge in [0.2, 0.25) is 5.91 Å². The molecule has 1 aliphatic carbocycles. The molecule has 0 radical (unpaired) electrons. The summed E-state index contributed by atoms with van der Waals surface area (Å²) >= 11 is 0. The van der Waals surface area contributed by atoms with Crippen LogP contribution in [0.15, 0.2) is 24.3 Å². The first kappa shape index (κ1) is 16.8. The molecule has 0 bridgehead atoms. The fraction of sp³-hybridized carbons (Fsp3) is 0.450. The quantitative estimate of drug-likeness (QED) is 0.902. The molecular formula is C20H24N4O2. The predicted molar refractivity (Wildman–Crippen MR) is 99.2 cm³/mol. The number of aromatic nitrogens is 2. The van der Waals surface area contributed by atoms with Crippen molar-refractivity contribution in [2.24, 2.45) is 5.92 Å². The fourth-order valence-electron chi connectivity index (χ4n) is 3.84. The molecule has 1 saturated heterocycles. The van der Waals surface area contributed by atoms with Crippen molar-refractivity contribution >= 4 is 17.5 Å². The number of aryl methyl sites for hydroxylation is 2. The highest BCUT2D eigenvalue weighted by atomic mass is 16.2. The van der Waals surface area contributed by atoms with Gasteiger partial charge in [-0.25, -0.2) is 0 Å². The van der Waals surface area contributed by atoms with E-state index in [1.807, 2.05) is 31.2 Å². The van der Waals surface area contributed by atoms with E-state index in [2.05, 4.69) is 17.1 Å². The SMILES string of the molecule is Cc1ccc(N2CCN(C(=O)c3n[nH]c4c3CC(C)CC4)CC2=O)cc1. The highest BCUT2D eigenvalue weighted by Gasteiger charge is 2.32. The largest absolute Gasteiger partial charge is 0.326 e. The van der Waals surface area contributed by atoms with Gasteiger partial charge in [-0.05, 0) is 44.2 Å². The zero-order valence-electron chi connectivity index (χ0n) is 15.3. The molecule has 2 amide bonds. The smallest absolute Gasteiger partial charge is 0.275 e. The number of anilines is 1. The summed E-state index contributed by atoms with van der Waals surface area (Å²) in [5.74, 6) is 0.381. The van der Waals surface area contributed by atoms with E-state index in [1.165, 1.54) is 0 Å². The second-order valence-electron chi connectivity index (χ2n) is 7.48. The maximum absolute atomic E-state index is 12.9. The highest BCUT2D eigenvalue weighted by Crippen LogP contribution is 2.27. The minimum absolute atomic E-state index is 0.0498. The zero-order valence-corrected chi connectivity index (χ0v) is 15.3. The average Bonchev–Trinajstić information content (AvgIpc) is 3.05. The molecule has 1 fully saturated rings. The third-order valence-electron chi connectivity index (χ3n) is 5.45. The number of piperazine rings is 1. The first-order valence-corrected chi connectivity index (χ1v) is 9.25. The van der Waals surface area contributed by atoms with Crippen LogP contribution in [0.25, 0.3) is 0 Å². The van der Waals surface area contributed by atoms with Crippen LogP contribution in [0.4, 0.5) is 5.69 Å². The Morgan fingerprint density at radius 1 is 1.23 bits per heavy atom. The molecule has 0 saturated carbocycles. The molecule has 6 nitrogen and oxygen atoms in total. The number of carbonyl (C=O) groups excluding carboxylic acids is 2. The molecule has 4 rings (SSSR count). The summed E-state index contributed by atoms with van der Waals surface area (Å²) in [7, 11) is 0. The van der Waals surface area contributed by atoms with E-state index in [4.69, 9.17) is 0 Å². The summed E-state index contributed by atoms with van der Waals surface area (Å²) in [5, 5.41) is 7.30. The van der Waals surface area contributed by atoms with Crippen molar-refractivity contribution in [3.05, 3.63) is 46.8 Å². The van der Waals surface area contributed by atoms with Crippen molar-refractivity contribution in [1.82, 2.24) is 15.1 Å². The normalized spacial score (nSPS) is 20.2. The topological polar surface area (TPSA) is 69.3 Å². The van der Waals surface area contributed by atoms with E-state index >= 15 is 0 Å². The average molecular weight is 352 g/mol. The summed E-state index contributed by atoms with van der Waals surface area (Å²) in [5.41, 5.74) is 4.67. The molecule has 2 aromatic rings. The van der Waals surface area contributed by atoms with Gasteiger partial charge in [0.25, 0.3) is 5.91 Å². The lowest BCUT2D eigenvalue weighted by molar-refractivity contribution is -0.120. The summed E-state index contributed by atoms with van der Waals surface area (Å²) in [6, 6.07) is 7.90. The van der Waals surface area contributed by atoms with Gasteiger partial charge in [-0.3, -0.25) is 14.7 Å². The number of carbonyl (C=O) groups is 2. The number of fused-ring (bicyclic) bond motifs is 1. The van der Waals surface area contributed by atoms with E-state index < -0.39 is 0 Å². The van der Waals surface area contributed by atoms with Crippen LogP contribution in [0.1, 0.15) is 40.7 Å².